The van der Waals surface area contributed by atoms with Crippen LogP contribution in [0, 0.1) is 5.92 Å². The highest BCUT2D eigenvalue weighted by Crippen LogP contribution is 2.20. The maximum Gasteiger partial charge on any atom is 0.226 e. The van der Waals surface area contributed by atoms with Crippen molar-refractivity contribution in [1.29, 1.82) is 0 Å². The molecule has 0 bridgehead atoms. The summed E-state index contributed by atoms with van der Waals surface area (Å²) in [5, 5.41) is 8.84. The summed E-state index contributed by atoms with van der Waals surface area (Å²) in [5.74, 6) is 0.486. The molecule has 0 aliphatic carbocycles. The molecule has 0 unspecified atom stereocenters. The number of amides is 1. The van der Waals surface area contributed by atoms with Crippen LogP contribution < -0.4 is 10.6 Å². The van der Waals surface area contributed by atoms with Gasteiger partial charge in [0.25, 0.3) is 0 Å². The Hall–Kier alpha value is -1.88. The van der Waals surface area contributed by atoms with Crippen LogP contribution in [0.15, 0.2) is 35.7 Å². The number of aromatic nitrogens is 1. The molecule has 0 aliphatic heterocycles. The number of hydrogen-bond acceptors (Lipinski definition) is 4. The molecular formula is C15H19N3OS. The third-order valence-corrected chi connectivity index (χ3v) is 3.43. The Morgan fingerprint density at radius 1 is 1.30 bits per heavy atom. The summed E-state index contributed by atoms with van der Waals surface area (Å²) < 4.78 is 0. The number of carbonyl (C=O) groups excluding carboxylic acids is 1. The first kappa shape index (κ1) is 14.5. The molecule has 0 spiro atoms. The molecule has 5 heteroatoms. The lowest BCUT2D eigenvalue weighted by Gasteiger charge is -2.06. The van der Waals surface area contributed by atoms with E-state index in [-0.39, 0.29) is 5.91 Å². The van der Waals surface area contributed by atoms with Crippen molar-refractivity contribution in [3.8, 4) is 0 Å². The summed E-state index contributed by atoms with van der Waals surface area (Å²) >= 11 is 1.51. The summed E-state index contributed by atoms with van der Waals surface area (Å²) in [4.78, 5) is 16.1. The Balaban J connectivity index is 1.87. The highest BCUT2D eigenvalue weighted by molar-refractivity contribution is 7.13. The molecule has 20 heavy (non-hydrogen) atoms. The number of hydrogen-bond donors (Lipinski definition) is 2. The summed E-state index contributed by atoms with van der Waals surface area (Å²) in [6.07, 6.45) is 0.333. The van der Waals surface area contributed by atoms with Crippen molar-refractivity contribution in [2.45, 2.75) is 20.3 Å². The van der Waals surface area contributed by atoms with Crippen LogP contribution in [0.4, 0.5) is 10.8 Å². The number of carbonyl (C=O) groups is 1. The van der Waals surface area contributed by atoms with Crippen LogP contribution in [0.2, 0.25) is 0 Å². The third kappa shape index (κ3) is 4.66. The highest BCUT2D eigenvalue weighted by Gasteiger charge is 2.08. The molecule has 0 saturated carbocycles. The molecule has 1 amide bonds. The van der Waals surface area contributed by atoms with E-state index < -0.39 is 0 Å². The molecule has 0 fully saturated rings. The molecule has 0 saturated heterocycles. The molecule has 2 N–H and O–H groups in total. The van der Waals surface area contributed by atoms with Gasteiger partial charge in [-0.3, -0.25) is 4.79 Å². The second kappa shape index (κ2) is 7.05. The normalized spacial score (nSPS) is 10.6. The van der Waals surface area contributed by atoms with Gasteiger partial charge in [-0.05, 0) is 18.1 Å². The number of anilines is 2. The zero-order valence-electron chi connectivity index (χ0n) is 11.7. The number of para-hydroxylation sites is 1. The molecule has 1 aromatic heterocycles. The molecule has 2 aromatic rings. The van der Waals surface area contributed by atoms with Crippen LogP contribution in [-0.2, 0) is 11.2 Å². The SMILES string of the molecule is CC(C)CNC(=O)Cc1csc(Nc2ccccc2)n1. The quantitative estimate of drug-likeness (QED) is 0.858. The lowest BCUT2D eigenvalue weighted by atomic mass is 10.2. The Morgan fingerprint density at radius 2 is 2.05 bits per heavy atom. The van der Waals surface area contributed by atoms with Crippen molar-refractivity contribution in [3.05, 3.63) is 41.4 Å². The van der Waals surface area contributed by atoms with Gasteiger partial charge in [-0.2, -0.15) is 0 Å². The second-order valence-corrected chi connectivity index (χ2v) is 5.87. The average molecular weight is 289 g/mol. The van der Waals surface area contributed by atoms with Crippen molar-refractivity contribution >= 4 is 28.1 Å². The molecular weight excluding hydrogens is 270 g/mol. The zero-order valence-corrected chi connectivity index (χ0v) is 12.5. The van der Waals surface area contributed by atoms with Gasteiger partial charge in [-0.25, -0.2) is 4.98 Å². The van der Waals surface area contributed by atoms with Crippen LogP contribution in [0.1, 0.15) is 19.5 Å². The molecule has 0 atom stereocenters. The fourth-order valence-corrected chi connectivity index (χ4v) is 2.37. The Morgan fingerprint density at radius 3 is 2.75 bits per heavy atom. The topological polar surface area (TPSA) is 54.0 Å². The van der Waals surface area contributed by atoms with Gasteiger partial charge in [0.05, 0.1) is 12.1 Å². The van der Waals surface area contributed by atoms with Crippen LogP contribution in [0.3, 0.4) is 0 Å². The van der Waals surface area contributed by atoms with Crippen LogP contribution >= 0.6 is 11.3 Å². The molecule has 2 rings (SSSR count). The van der Waals surface area contributed by atoms with E-state index in [1.54, 1.807) is 0 Å². The standard InChI is InChI=1S/C15H19N3OS/c1-11(2)9-16-14(19)8-13-10-20-15(18-13)17-12-6-4-3-5-7-12/h3-7,10-11H,8-9H2,1-2H3,(H,16,19)(H,17,18). The van der Waals surface area contributed by atoms with E-state index in [4.69, 9.17) is 0 Å². The minimum atomic E-state index is 0.0234. The molecule has 0 radical (unpaired) electrons. The van der Waals surface area contributed by atoms with Crippen molar-refractivity contribution in [1.82, 2.24) is 10.3 Å². The van der Waals surface area contributed by atoms with E-state index in [2.05, 4.69) is 29.5 Å². The first-order valence-electron chi connectivity index (χ1n) is 6.66. The Kier molecular flexibility index (Phi) is 5.12. The highest BCUT2D eigenvalue weighted by atomic mass is 32.1. The largest absolute Gasteiger partial charge is 0.356 e. The lowest BCUT2D eigenvalue weighted by Crippen LogP contribution is -2.28. The van der Waals surface area contributed by atoms with Gasteiger partial charge in [0.2, 0.25) is 5.91 Å². The van der Waals surface area contributed by atoms with Crippen LogP contribution in [-0.4, -0.2) is 17.4 Å². The fourth-order valence-electron chi connectivity index (χ4n) is 1.64. The predicted molar refractivity (Wildman–Crippen MR) is 83.4 cm³/mol. The lowest BCUT2D eigenvalue weighted by molar-refractivity contribution is -0.120. The summed E-state index contributed by atoms with van der Waals surface area (Å²) in [5.41, 5.74) is 1.80. The molecule has 1 heterocycles. The van der Waals surface area contributed by atoms with Gasteiger partial charge < -0.3 is 10.6 Å². The number of benzene rings is 1. The monoisotopic (exact) mass is 289 g/mol. The van der Waals surface area contributed by atoms with Gasteiger partial charge in [0.1, 0.15) is 0 Å². The predicted octanol–water partition coefficient (Wildman–Crippen LogP) is 3.20. The average Bonchev–Trinajstić information content (AvgIpc) is 2.85. The number of nitrogens with one attached hydrogen (secondary N) is 2. The Bertz CT molecular complexity index is 551. The van der Waals surface area contributed by atoms with Gasteiger partial charge in [0, 0.05) is 17.6 Å². The first-order valence-corrected chi connectivity index (χ1v) is 7.54. The van der Waals surface area contributed by atoms with Crippen LogP contribution in [0.5, 0.6) is 0 Å². The maximum absolute atomic E-state index is 11.7. The third-order valence-electron chi connectivity index (χ3n) is 2.63. The second-order valence-electron chi connectivity index (χ2n) is 5.01. The van der Waals surface area contributed by atoms with E-state index in [0.717, 1.165) is 16.5 Å². The number of thiazole rings is 1. The Labute approximate surface area is 123 Å². The molecule has 1 aromatic carbocycles. The molecule has 4 nitrogen and oxygen atoms in total. The van der Waals surface area contributed by atoms with E-state index >= 15 is 0 Å². The van der Waals surface area contributed by atoms with Crippen LogP contribution in [0.25, 0.3) is 0 Å². The van der Waals surface area contributed by atoms with Gasteiger partial charge >= 0.3 is 0 Å². The van der Waals surface area contributed by atoms with Gasteiger partial charge in [0.15, 0.2) is 5.13 Å². The molecule has 106 valence electrons. The minimum absolute atomic E-state index is 0.0234. The minimum Gasteiger partial charge on any atom is -0.356 e. The summed E-state index contributed by atoms with van der Waals surface area (Å²) in [6.45, 7) is 4.86. The first-order chi connectivity index (χ1) is 9.63. The summed E-state index contributed by atoms with van der Waals surface area (Å²) in [7, 11) is 0. The van der Waals surface area contributed by atoms with E-state index in [0.29, 0.717) is 18.9 Å². The van der Waals surface area contributed by atoms with E-state index in [1.165, 1.54) is 11.3 Å². The molecule has 0 aliphatic rings. The van der Waals surface area contributed by atoms with Crippen molar-refractivity contribution < 1.29 is 4.79 Å². The van der Waals surface area contributed by atoms with Crippen molar-refractivity contribution in [3.63, 3.8) is 0 Å². The van der Waals surface area contributed by atoms with Gasteiger partial charge in [-0.15, -0.1) is 11.3 Å². The maximum atomic E-state index is 11.7. The van der Waals surface area contributed by atoms with E-state index in [9.17, 15) is 4.79 Å². The summed E-state index contributed by atoms with van der Waals surface area (Å²) in [6, 6.07) is 9.87. The number of rotatable bonds is 6. The van der Waals surface area contributed by atoms with Crippen molar-refractivity contribution in [2.24, 2.45) is 5.92 Å². The zero-order chi connectivity index (χ0) is 14.4. The number of nitrogens with zero attached hydrogens (tertiary/aromatic N) is 1. The fraction of sp³-hybridized carbons (Fsp3) is 0.333. The van der Waals surface area contributed by atoms with Crippen molar-refractivity contribution in [2.75, 3.05) is 11.9 Å². The van der Waals surface area contributed by atoms with E-state index in [1.807, 2.05) is 35.7 Å². The van der Waals surface area contributed by atoms with Gasteiger partial charge in [-0.1, -0.05) is 32.0 Å². The smallest absolute Gasteiger partial charge is 0.226 e.